The molecule has 1 aromatic heterocycles. The molecule has 0 radical (unpaired) electrons. The first-order valence-corrected chi connectivity index (χ1v) is 5.28. The lowest BCUT2D eigenvalue weighted by atomic mass is 9.87. The monoisotopic (exact) mass is 193 g/mol. The molecule has 0 saturated heterocycles. The van der Waals surface area contributed by atoms with Crippen molar-refractivity contribution in [3.63, 3.8) is 0 Å². The average molecular weight is 193 g/mol. The second-order valence-corrected chi connectivity index (χ2v) is 4.79. The molecule has 2 N–H and O–H groups in total. The van der Waals surface area contributed by atoms with Gasteiger partial charge in [-0.15, -0.1) is 0 Å². The van der Waals surface area contributed by atoms with Crippen molar-refractivity contribution < 1.29 is 0 Å². The highest BCUT2D eigenvalue weighted by molar-refractivity contribution is 5.47. The summed E-state index contributed by atoms with van der Waals surface area (Å²) >= 11 is 0. The van der Waals surface area contributed by atoms with Gasteiger partial charge in [0, 0.05) is 18.0 Å². The molecule has 1 fully saturated rings. The molecule has 0 atom stereocenters. The van der Waals surface area contributed by atoms with Gasteiger partial charge in [0.25, 0.3) is 0 Å². The van der Waals surface area contributed by atoms with Gasteiger partial charge in [-0.1, -0.05) is 13.8 Å². The number of aryl methyl sites for hydroxylation is 1. The van der Waals surface area contributed by atoms with E-state index in [-0.39, 0.29) is 0 Å². The lowest BCUT2D eigenvalue weighted by molar-refractivity contribution is 0.462. The van der Waals surface area contributed by atoms with Crippen molar-refractivity contribution in [3.8, 4) is 0 Å². The Hall–Kier alpha value is -0.990. The summed E-state index contributed by atoms with van der Waals surface area (Å²) in [6.07, 6.45) is 2.53. The molecule has 1 aliphatic carbocycles. The van der Waals surface area contributed by atoms with Crippen LogP contribution in [0.15, 0.2) is 0 Å². The van der Waals surface area contributed by atoms with Gasteiger partial charge in [0.05, 0.1) is 5.69 Å². The normalized spacial score (nSPS) is 18.9. The fourth-order valence-electron chi connectivity index (χ4n) is 2.34. The Morgan fingerprint density at radius 2 is 2.00 bits per heavy atom. The van der Waals surface area contributed by atoms with Crippen LogP contribution in [0.2, 0.25) is 0 Å². The van der Waals surface area contributed by atoms with Crippen LogP contribution in [0.5, 0.6) is 0 Å². The Labute approximate surface area is 85.3 Å². The lowest BCUT2D eigenvalue weighted by Gasteiger charge is -2.17. The number of aromatic nitrogens is 2. The highest BCUT2D eigenvalue weighted by Crippen LogP contribution is 2.54. The van der Waals surface area contributed by atoms with Crippen molar-refractivity contribution >= 4 is 5.82 Å². The molecular weight excluding hydrogens is 174 g/mol. The maximum atomic E-state index is 5.93. The molecule has 1 saturated carbocycles. The topological polar surface area (TPSA) is 43.8 Å². The number of hydrogen-bond donors (Lipinski definition) is 1. The van der Waals surface area contributed by atoms with E-state index in [4.69, 9.17) is 5.73 Å². The van der Waals surface area contributed by atoms with Crippen LogP contribution in [0.4, 0.5) is 5.82 Å². The molecule has 0 aromatic carbocycles. The summed E-state index contributed by atoms with van der Waals surface area (Å²) in [6, 6.07) is 0. The van der Waals surface area contributed by atoms with E-state index in [1.165, 1.54) is 24.1 Å². The molecule has 14 heavy (non-hydrogen) atoms. The van der Waals surface area contributed by atoms with Crippen molar-refractivity contribution in [1.82, 2.24) is 9.78 Å². The van der Waals surface area contributed by atoms with E-state index in [0.29, 0.717) is 11.3 Å². The van der Waals surface area contributed by atoms with Crippen LogP contribution in [0.3, 0.4) is 0 Å². The molecule has 0 amide bonds. The highest BCUT2D eigenvalue weighted by atomic mass is 15.3. The van der Waals surface area contributed by atoms with Crippen LogP contribution in [0.25, 0.3) is 0 Å². The van der Waals surface area contributed by atoms with Gasteiger partial charge in [0.2, 0.25) is 0 Å². The first kappa shape index (κ1) is 9.56. The Bertz CT molecular complexity index is 359. The minimum atomic E-state index is 0.333. The molecular formula is C11H19N3. The van der Waals surface area contributed by atoms with E-state index in [1.54, 1.807) is 4.68 Å². The van der Waals surface area contributed by atoms with E-state index >= 15 is 0 Å². The number of nitrogens with zero attached hydrogens (tertiary/aromatic N) is 2. The van der Waals surface area contributed by atoms with E-state index < -0.39 is 0 Å². The predicted molar refractivity (Wildman–Crippen MR) is 58.1 cm³/mol. The molecule has 1 heterocycles. The SMILES string of the molecule is Cc1c(C2(C(C)C)CC2)nn(C)c1N. The van der Waals surface area contributed by atoms with Crippen molar-refractivity contribution in [2.75, 3.05) is 5.73 Å². The van der Waals surface area contributed by atoms with Crippen LogP contribution in [0.1, 0.15) is 37.9 Å². The third-order valence-corrected chi connectivity index (χ3v) is 3.70. The number of rotatable bonds is 2. The molecule has 1 aliphatic rings. The van der Waals surface area contributed by atoms with E-state index in [1.807, 2.05) is 7.05 Å². The average Bonchev–Trinajstić information content (AvgIpc) is 2.87. The smallest absolute Gasteiger partial charge is 0.124 e. The Morgan fingerprint density at radius 3 is 2.29 bits per heavy atom. The number of nitrogen functional groups attached to an aromatic ring is 1. The molecule has 3 heteroatoms. The Kier molecular flexibility index (Phi) is 1.88. The molecule has 1 aromatic rings. The Morgan fingerprint density at radius 1 is 1.43 bits per heavy atom. The van der Waals surface area contributed by atoms with Crippen molar-refractivity contribution in [2.24, 2.45) is 13.0 Å². The fourth-order valence-corrected chi connectivity index (χ4v) is 2.34. The zero-order valence-electron chi connectivity index (χ0n) is 9.46. The standard InChI is InChI=1S/C11H19N3/c1-7(2)11(5-6-11)9-8(3)10(12)14(4)13-9/h7H,5-6,12H2,1-4H3. The van der Waals surface area contributed by atoms with Crippen LogP contribution in [-0.4, -0.2) is 9.78 Å². The van der Waals surface area contributed by atoms with Gasteiger partial charge in [-0.3, -0.25) is 4.68 Å². The molecule has 78 valence electrons. The maximum absolute atomic E-state index is 5.93. The quantitative estimate of drug-likeness (QED) is 0.780. The summed E-state index contributed by atoms with van der Waals surface area (Å²) < 4.78 is 1.80. The van der Waals surface area contributed by atoms with Crippen LogP contribution in [0, 0.1) is 12.8 Å². The van der Waals surface area contributed by atoms with Gasteiger partial charge in [-0.05, 0) is 25.7 Å². The highest BCUT2D eigenvalue weighted by Gasteiger charge is 2.50. The number of hydrogen-bond acceptors (Lipinski definition) is 2. The van der Waals surface area contributed by atoms with Gasteiger partial charge in [-0.25, -0.2) is 0 Å². The molecule has 0 spiro atoms. The van der Waals surface area contributed by atoms with Gasteiger partial charge in [-0.2, -0.15) is 5.10 Å². The van der Waals surface area contributed by atoms with Gasteiger partial charge >= 0.3 is 0 Å². The molecule has 0 bridgehead atoms. The second kappa shape index (κ2) is 2.75. The van der Waals surface area contributed by atoms with Gasteiger partial charge < -0.3 is 5.73 Å². The zero-order valence-corrected chi connectivity index (χ0v) is 9.46. The first-order valence-electron chi connectivity index (χ1n) is 5.28. The third kappa shape index (κ3) is 1.08. The van der Waals surface area contributed by atoms with Crippen LogP contribution >= 0.6 is 0 Å². The summed E-state index contributed by atoms with van der Waals surface area (Å²) in [6.45, 7) is 6.63. The minimum absolute atomic E-state index is 0.333. The summed E-state index contributed by atoms with van der Waals surface area (Å²) in [7, 11) is 1.92. The number of nitrogens with two attached hydrogens (primary N) is 1. The second-order valence-electron chi connectivity index (χ2n) is 4.79. The summed E-state index contributed by atoms with van der Waals surface area (Å²) in [5.74, 6) is 1.47. The molecule has 0 unspecified atom stereocenters. The largest absolute Gasteiger partial charge is 0.384 e. The first-order chi connectivity index (χ1) is 6.49. The molecule has 2 rings (SSSR count). The summed E-state index contributed by atoms with van der Waals surface area (Å²) in [5.41, 5.74) is 8.67. The predicted octanol–water partition coefficient (Wildman–Crippen LogP) is 2.00. The van der Waals surface area contributed by atoms with E-state index in [2.05, 4.69) is 25.9 Å². The van der Waals surface area contributed by atoms with Crippen LogP contribution in [-0.2, 0) is 12.5 Å². The third-order valence-electron chi connectivity index (χ3n) is 3.70. The number of anilines is 1. The molecule has 0 aliphatic heterocycles. The molecule has 3 nitrogen and oxygen atoms in total. The maximum Gasteiger partial charge on any atom is 0.124 e. The van der Waals surface area contributed by atoms with Crippen LogP contribution < -0.4 is 5.73 Å². The van der Waals surface area contributed by atoms with E-state index in [0.717, 1.165) is 5.82 Å². The Balaban J connectivity index is 2.47. The van der Waals surface area contributed by atoms with Crippen molar-refractivity contribution in [1.29, 1.82) is 0 Å². The lowest BCUT2D eigenvalue weighted by Crippen LogP contribution is -2.16. The van der Waals surface area contributed by atoms with Crippen molar-refractivity contribution in [2.45, 2.75) is 39.0 Å². The van der Waals surface area contributed by atoms with Crippen molar-refractivity contribution in [3.05, 3.63) is 11.3 Å². The summed E-state index contributed by atoms with van der Waals surface area (Å²) in [4.78, 5) is 0. The van der Waals surface area contributed by atoms with Gasteiger partial charge in [0.1, 0.15) is 5.82 Å². The zero-order chi connectivity index (χ0) is 10.5. The minimum Gasteiger partial charge on any atom is -0.384 e. The van der Waals surface area contributed by atoms with E-state index in [9.17, 15) is 0 Å². The fraction of sp³-hybridized carbons (Fsp3) is 0.727. The summed E-state index contributed by atoms with van der Waals surface area (Å²) in [5, 5.41) is 4.56. The van der Waals surface area contributed by atoms with Gasteiger partial charge in [0.15, 0.2) is 0 Å².